The number of carbonyl (C=O) groups excluding carboxylic acids is 2. The van der Waals surface area contributed by atoms with E-state index >= 15 is 0 Å². The second-order valence-electron chi connectivity index (χ2n) is 8.53. The van der Waals surface area contributed by atoms with Crippen molar-refractivity contribution in [2.75, 3.05) is 14.1 Å². The molecule has 0 spiro atoms. The van der Waals surface area contributed by atoms with Gasteiger partial charge in [-0.1, -0.05) is 49.1 Å². The van der Waals surface area contributed by atoms with E-state index in [9.17, 15) is 14.4 Å². The normalized spacial score (nSPS) is 15.4. The lowest BCUT2D eigenvalue weighted by Gasteiger charge is -2.24. The quantitative estimate of drug-likeness (QED) is 0.724. The molecule has 7 heteroatoms. The van der Waals surface area contributed by atoms with Crippen LogP contribution < -0.4 is 10.7 Å². The van der Waals surface area contributed by atoms with Crippen molar-refractivity contribution in [1.82, 2.24) is 14.8 Å². The van der Waals surface area contributed by atoms with Gasteiger partial charge >= 0.3 is 0 Å². The van der Waals surface area contributed by atoms with E-state index in [1.807, 2.05) is 29.7 Å². The fourth-order valence-electron chi connectivity index (χ4n) is 4.14. The van der Waals surface area contributed by atoms with Crippen LogP contribution in [0.15, 0.2) is 41.5 Å². The number of pyridine rings is 1. The molecule has 6 nitrogen and oxygen atoms in total. The van der Waals surface area contributed by atoms with Crippen LogP contribution in [0.1, 0.15) is 71.3 Å². The summed E-state index contributed by atoms with van der Waals surface area (Å²) in [6, 6.07) is 6.87. The molecule has 1 heterocycles. The standard InChI is InChI=1S/C24H30ClN3O3/c1-16(18-11-7-8-12-21(18)25)26-23(30)19-14-28(13-17-9-5-4-6-10-17)15-20(22(19)29)24(31)27(2)3/h7-8,11-12,14-17H,4-6,9-10,13H2,1-3H3,(H,26,30)/t16-/m0/s1. The molecule has 1 atom stereocenters. The largest absolute Gasteiger partial charge is 0.352 e. The van der Waals surface area contributed by atoms with Gasteiger partial charge in [-0.05, 0) is 37.3 Å². The molecule has 1 saturated carbocycles. The minimum Gasteiger partial charge on any atom is -0.352 e. The SMILES string of the molecule is C[C@H](NC(=O)c1cn(CC2CCCCC2)cc(C(=O)N(C)C)c1=O)c1ccccc1Cl. The van der Waals surface area contributed by atoms with Gasteiger partial charge in [0, 0.05) is 38.1 Å². The average Bonchev–Trinajstić information content (AvgIpc) is 2.75. The summed E-state index contributed by atoms with van der Waals surface area (Å²) in [5, 5.41) is 3.40. The van der Waals surface area contributed by atoms with E-state index < -0.39 is 17.2 Å². The number of rotatable bonds is 6. The Hall–Kier alpha value is -2.60. The van der Waals surface area contributed by atoms with Crippen LogP contribution in [0.25, 0.3) is 0 Å². The third-order valence-electron chi connectivity index (χ3n) is 5.87. The Bertz CT molecular complexity index is 1010. The minimum absolute atomic E-state index is 0.0128. The predicted molar refractivity (Wildman–Crippen MR) is 123 cm³/mol. The van der Waals surface area contributed by atoms with Gasteiger partial charge in [0.2, 0.25) is 5.43 Å². The molecule has 3 rings (SSSR count). The molecular formula is C24H30ClN3O3. The monoisotopic (exact) mass is 443 g/mol. The summed E-state index contributed by atoms with van der Waals surface area (Å²) in [5.74, 6) is -0.434. The Morgan fingerprint density at radius 3 is 2.42 bits per heavy atom. The summed E-state index contributed by atoms with van der Waals surface area (Å²) in [6.45, 7) is 2.50. The van der Waals surface area contributed by atoms with Crippen LogP contribution in [0.4, 0.5) is 0 Å². The minimum atomic E-state index is -0.553. The molecule has 0 unspecified atom stereocenters. The number of hydrogen-bond acceptors (Lipinski definition) is 3. The van der Waals surface area contributed by atoms with Crippen molar-refractivity contribution in [3.63, 3.8) is 0 Å². The van der Waals surface area contributed by atoms with Crippen LogP contribution in [-0.4, -0.2) is 35.4 Å². The van der Waals surface area contributed by atoms with Crippen molar-refractivity contribution < 1.29 is 9.59 Å². The molecule has 166 valence electrons. The summed E-state index contributed by atoms with van der Waals surface area (Å²) < 4.78 is 1.84. The average molecular weight is 444 g/mol. The van der Waals surface area contributed by atoms with E-state index in [2.05, 4.69) is 5.32 Å². The molecule has 2 amide bonds. The lowest BCUT2D eigenvalue weighted by molar-refractivity contribution is 0.0825. The van der Waals surface area contributed by atoms with E-state index in [0.29, 0.717) is 17.5 Å². The lowest BCUT2D eigenvalue weighted by atomic mass is 9.89. The van der Waals surface area contributed by atoms with Gasteiger partial charge in [0.25, 0.3) is 11.8 Å². The van der Waals surface area contributed by atoms with Crippen LogP contribution in [0.3, 0.4) is 0 Å². The third-order valence-corrected chi connectivity index (χ3v) is 6.22. The lowest BCUT2D eigenvalue weighted by Crippen LogP contribution is -2.36. The van der Waals surface area contributed by atoms with Gasteiger partial charge in [0.05, 0.1) is 6.04 Å². The number of nitrogens with zero attached hydrogens (tertiary/aromatic N) is 2. The highest BCUT2D eigenvalue weighted by molar-refractivity contribution is 6.31. The Labute approximate surface area is 188 Å². The van der Waals surface area contributed by atoms with Gasteiger partial charge in [-0.3, -0.25) is 14.4 Å². The van der Waals surface area contributed by atoms with Gasteiger partial charge in [-0.15, -0.1) is 0 Å². The van der Waals surface area contributed by atoms with Crippen molar-refractivity contribution in [2.24, 2.45) is 5.92 Å². The van der Waals surface area contributed by atoms with Crippen LogP contribution in [-0.2, 0) is 6.54 Å². The number of hydrogen-bond donors (Lipinski definition) is 1. The maximum Gasteiger partial charge on any atom is 0.258 e. The van der Waals surface area contributed by atoms with E-state index in [1.54, 1.807) is 32.6 Å². The fourth-order valence-corrected chi connectivity index (χ4v) is 4.44. The van der Waals surface area contributed by atoms with Gasteiger partial charge in [-0.2, -0.15) is 0 Å². The second-order valence-corrected chi connectivity index (χ2v) is 8.94. The summed E-state index contributed by atoms with van der Waals surface area (Å²) >= 11 is 6.25. The van der Waals surface area contributed by atoms with Crippen LogP contribution in [0.5, 0.6) is 0 Å². The topological polar surface area (TPSA) is 71.4 Å². The molecular weight excluding hydrogens is 414 g/mol. The first kappa shape index (κ1) is 23.1. The van der Waals surface area contributed by atoms with Crippen LogP contribution >= 0.6 is 11.6 Å². The fraction of sp³-hybridized carbons (Fsp3) is 0.458. The molecule has 2 aromatic rings. The zero-order chi connectivity index (χ0) is 22.5. The van der Waals surface area contributed by atoms with Crippen molar-refractivity contribution in [1.29, 1.82) is 0 Å². The van der Waals surface area contributed by atoms with Crippen molar-refractivity contribution in [3.05, 3.63) is 68.6 Å². The number of halogens is 1. The summed E-state index contributed by atoms with van der Waals surface area (Å²) in [5.41, 5.74) is 0.198. The smallest absolute Gasteiger partial charge is 0.258 e. The molecule has 0 bridgehead atoms. The van der Waals surface area contributed by atoms with Gasteiger partial charge < -0.3 is 14.8 Å². The highest BCUT2D eigenvalue weighted by Crippen LogP contribution is 2.25. The molecule has 1 N–H and O–H groups in total. The molecule has 0 radical (unpaired) electrons. The molecule has 1 aromatic carbocycles. The molecule has 31 heavy (non-hydrogen) atoms. The Morgan fingerprint density at radius 1 is 1.13 bits per heavy atom. The first-order valence-corrected chi connectivity index (χ1v) is 11.2. The van der Waals surface area contributed by atoms with Gasteiger partial charge in [0.15, 0.2) is 0 Å². The summed E-state index contributed by atoms with van der Waals surface area (Å²) in [4.78, 5) is 40.1. The number of carbonyl (C=O) groups is 2. The Balaban J connectivity index is 1.93. The van der Waals surface area contributed by atoms with E-state index in [4.69, 9.17) is 11.6 Å². The molecule has 1 aliphatic rings. The number of nitrogens with one attached hydrogen (secondary N) is 1. The van der Waals surface area contributed by atoms with Crippen LogP contribution in [0, 0.1) is 5.92 Å². The third kappa shape index (κ3) is 5.56. The first-order valence-electron chi connectivity index (χ1n) is 10.8. The summed E-state index contributed by atoms with van der Waals surface area (Å²) in [6.07, 6.45) is 9.04. The second kappa shape index (κ2) is 10.1. The van der Waals surface area contributed by atoms with Crippen molar-refractivity contribution >= 4 is 23.4 Å². The number of amides is 2. The maximum absolute atomic E-state index is 13.1. The van der Waals surface area contributed by atoms with Crippen molar-refractivity contribution in [3.8, 4) is 0 Å². The molecule has 1 fully saturated rings. The predicted octanol–water partition coefficient (Wildman–Crippen LogP) is 4.27. The number of aromatic nitrogens is 1. The van der Waals surface area contributed by atoms with E-state index in [0.717, 1.165) is 18.4 Å². The Morgan fingerprint density at radius 2 is 1.77 bits per heavy atom. The zero-order valence-electron chi connectivity index (χ0n) is 18.4. The zero-order valence-corrected chi connectivity index (χ0v) is 19.1. The van der Waals surface area contributed by atoms with E-state index in [-0.39, 0.29) is 17.2 Å². The maximum atomic E-state index is 13.1. The van der Waals surface area contributed by atoms with Crippen LogP contribution in [0.2, 0.25) is 5.02 Å². The first-order chi connectivity index (χ1) is 14.8. The molecule has 0 aliphatic heterocycles. The Kier molecular flexibility index (Phi) is 7.55. The molecule has 0 saturated heterocycles. The van der Waals surface area contributed by atoms with E-state index in [1.165, 1.54) is 24.2 Å². The number of benzene rings is 1. The van der Waals surface area contributed by atoms with Crippen molar-refractivity contribution in [2.45, 2.75) is 51.6 Å². The highest BCUT2D eigenvalue weighted by Gasteiger charge is 2.23. The molecule has 1 aliphatic carbocycles. The molecule has 1 aromatic heterocycles. The summed E-state index contributed by atoms with van der Waals surface area (Å²) in [7, 11) is 3.19. The highest BCUT2D eigenvalue weighted by atomic mass is 35.5. The van der Waals surface area contributed by atoms with Gasteiger partial charge in [0.1, 0.15) is 11.1 Å². The van der Waals surface area contributed by atoms with Gasteiger partial charge in [-0.25, -0.2) is 0 Å².